The molecule has 134 valence electrons. The van der Waals surface area contributed by atoms with Gasteiger partial charge in [-0.25, -0.2) is 4.79 Å². The van der Waals surface area contributed by atoms with Crippen LogP contribution in [0.2, 0.25) is 0 Å². The maximum atomic E-state index is 12.4. The molecule has 0 bridgehead atoms. The zero-order chi connectivity index (χ0) is 18.7. The van der Waals surface area contributed by atoms with Crippen LogP contribution in [0.15, 0.2) is 46.9 Å². The molecular formula is C19H17NO5S. The van der Waals surface area contributed by atoms with Crippen molar-refractivity contribution in [2.45, 2.75) is 26.5 Å². The minimum absolute atomic E-state index is 0.0852. The van der Waals surface area contributed by atoms with E-state index in [1.165, 1.54) is 31.3 Å². The summed E-state index contributed by atoms with van der Waals surface area (Å²) in [6.07, 6.45) is -0.979. The molecule has 0 aliphatic rings. The first-order chi connectivity index (χ1) is 12.4. The monoisotopic (exact) mass is 371 g/mol. The lowest BCUT2D eigenvalue weighted by Crippen LogP contribution is -2.23. The zero-order valence-corrected chi connectivity index (χ0v) is 15.1. The summed E-state index contributed by atoms with van der Waals surface area (Å²) in [6, 6.07) is 12.5. The zero-order valence-electron chi connectivity index (χ0n) is 14.3. The van der Waals surface area contributed by atoms with Crippen molar-refractivity contribution in [1.82, 2.24) is 5.32 Å². The quantitative estimate of drug-likeness (QED) is 0.529. The number of Topliss-reactive ketones (excluding diaryl/α,β-unsaturated/α-hetero) is 1. The Balaban J connectivity index is 1.65. The van der Waals surface area contributed by atoms with Crippen molar-refractivity contribution in [3.05, 3.63) is 58.9 Å². The lowest BCUT2D eigenvalue weighted by Gasteiger charge is -2.09. The molecule has 6 nitrogen and oxygen atoms in total. The van der Waals surface area contributed by atoms with Crippen LogP contribution in [0.4, 0.5) is 0 Å². The number of thiophene rings is 1. The highest BCUT2D eigenvalue weighted by Gasteiger charge is 2.24. The van der Waals surface area contributed by atoms with Gasteiger partial charge in [0.1, 0.15) is 10.6 Å². The number of fused-ring (bicyclic) bond motifs is 1. The number of ketones is 1. The highest BCUT2D eigenvalue weighted by Crippen LogP contribution is 2.26. The maximum Gasteiger partial charge on any atom is 0.349 e. The highest BCUT2D eigenvalue weighted by molar-refractivity contribution is 7.20. The second-order valence-corrected chi connectivity index (χ2v) is 6.82. The van der Waals surface area contributed by atoms with Crippen molar-refractivity contribution in [3.63, 3.8) is 0 Å². The Labute approximate surface area is 153 Å². The Morgan fingerprint density at radius 2 is 1.96 bits per heavy atom. The number of nitrogens with one attached hydrogen (secondary N) is 1. The van der Waals surface area contributed by atoms with E-state index in [9.17, 15) is 14.4 Å². The molecule has 7 heteroatoms. The van der Waals surface area contributed by atoms with E-state index in [4.69, 9.17) is 9.15 Å². The number of carbonyl (C=O) groups is 3. The van der Waals surface area contributed by atoms with Crippen molar-refractivity contribution >= 4 is 39.1 Å². The van der Waals surface area contributed by atoms with Crippen LogP contribution in [-0.4, -0.2) is 23.8 Å². The SMILES string of the molecule is CC(=O)NCc1ccc(C(=O)[C@@H](C)OC(=O)c2cc3ccccc3s2)o1. The number of benzene rings is 1. The number of amides is 1. The van der Waals surface area contributed by atoms with Gasteiger partial charge in [0.2, 0.25) is 11.7 Å². The Hall–Kier alpha value is -2.93. The van der Waals surface area contributed by atoms with Crippen LogP contribution in [0.1, 0.15) is 39.8 Å². The third-order valence-corrected chi connectivity index (χ3v) is 4.79. The van der Waals surface area contributed by atoms with Crippen LogP contribution in [-0.2, 0) is 16.1 Å². The highest BCUT2D eigenvalue weighted by atomic mass is 32.1. The molecule has 3 aromatic rings. The van der Waals surface area contributed by atoms with Gasteiger partial charge in [-0.1, -0.05) is 18.2 Å². The van der Waals surface area contributed by atoms with Gasteiger partial charge in [-0.3, -0.25) is 9.59 Å². The third-order valence-electron chi connectivity index (χ3n) is 3.70. The molecule has 0 spiro atoms. The summed E-state index contributed by atoms with van der Waals surface area (Å²) < 4.78 is 11.7. The number of ether oxygens (including phenoxy) is 1. The molecule has 0 saturated heterocycles. The molecule has 0 fully saturated rings. The fourth-order valence-corrected chi connectivity index (χ4v) is 3.32. The molecule has 0 unspecified atom stereocenters. The van der Waals surface area contributed by atoms with Gasteiger partial charge in [0.15, 0.2) is 11.9 Å². The van der Waals surface area contributed by atoms with Gasteiger partial charge in [0.05, 0.1) is 6.54 Å². The van der Waals surface area contributed by atoms with Crippen molar-refractivity contribution in [2.24, 2.45) is 0 Å². The summed E-state index contributed by atoms with van der Waals surface area (Å²) >= 11 is 1.32. The van der Waals surface area contributed by atoms with E-state index in [1.807, 2.05) is 24.3 Å². The summed E-state index contributed by atoms with van der Waals surface area (Å²) in [4.78, 5) is 36.0. The molecule has 3 rings (SSSR count). The fourth-order valence-electron chi connectivity index (χ4n) is 2.37. The van der Waals surface area contributed by atoms with E-state index in [2.05, 4.69) is 5.32 Å². The first-order valence-corrected chi connectivity index (χ1v) is 8.82. The smallest absolute Gasteiger partial charge is 0.349 e. The minimum atomic E-state index is -0.979. The van der Waals surface area contributed by atoms with Crippen LogP contribution < -0.4 is 5.32 Å². The van der Waals surface area contributed by atoms with Crippen LogP contribution in [0.3, 0.4) is 0 Å². The molecule has 26 heavy (non-hydrogen) atoms. The molecule has 2 heterocycles. The van der Waals surface area contributed by atoms with Gasteiger partial charge in [-0.15, -0.1) is 11.3 Å². The molecule has 0 radical (unpaired) electrons. The Kier molecular flexibility index (Phi) is 5.18. The van der Waals surface area contributed by atoms with Gasteiger partial charge in [-0.05, 0) is 36.6 Å². The first-order valence-electron chi connectivity index (χ1n) is 8.01. The van der Waals surface area contributed by atoms with E-state index >= 15 is 0 Å². The molecule has 0 saturated carbocycles. The second-order valence-electron chi connectivity index (χ2n) is 5.74. The molecule has 0 aliphatic heterocycles. The van der Waals surface area contributed by atoms with E-state index in [0.717, 1.165) is 10.1 Å². The average molecular weight is 371 g/mol. The third kappa shape index (κ3) is 4.00. The van der Waals surface area contributed by atoms with Gasteiger partial charge < -0.3 is 14.5 Å². The van der Waals surface area contributed by atoms with Gasteiger partial charge in [0.25, 0.3) is 0 Å². The first kappa shape index (κ1) is 17.9. The number of hydrogen-bond acceptors (Lipinski definition) is 6. The van der Waals surface area contributed by atoms with Crippen LogP contribution in [0.25, 0.3) is 10.1 Å². The number of furan rings is 1. The molecule has 1 atom stereocenters. The van der Waals surface area contributed by atoms with Gasteiger partial charge in [0, 0.05) is 11.6 Å². The number of rotatable bonds is 6. The van der Waals surface area contributed by atoms with E-state index in [1.54, 1.807) is 12.1 Å². The predicted molar refractivity (Wildman–Crippen MR) is 97.3 cm³/mol. The van der Waals surface area contributed by atoms with Gasteiger partial charge >= 0.3 is 5.97 Å². The van der Waals surface area contributed by atoms with Crippen LogP contribution in [0, 0.1) is 0 Å². The molecule has 0 aliphatic carbocycles. The Morgan fingerprint density at radius 3 is 2.69 bits per heavy atom. The topological polar surface area (TPSA) is 85.6 Å². The van der Waals surface area contributed by atoms with E-state index in [-0.39, 0.29) is 18.2 Å². The van der Waals surface area contributed by atoms with Gasteiger partial charge in [-0.2, -0.15) is 0 Å². The average Bonchev–Trinajstić information content (AvgIpc) is 3.25. The largest absolute Gasteiger partial charge is 0.456 e. The predicted octanol–water partition coefficient (Wildman–Crippen LogP) is 3.56. The minimum Gasteiger partial charge on any atom is -0.456 e. The lowest BCUT2D eigenvalue weighted by atomic mass is 10.2. The molecule has 1 N–H and O–H groups in total. The summed E-state index contributed by atoms with van der Waals surface area (Å²) in [5.41, 5.74) is 0. The van der Waals surface area contributed by atoms with Crippen LogP contribution in [0.5, 0.6) is 0 Å². The van der Waals surface area contributed by atoms with Crippen molar-refractivity contribution < 1.29 is 23.5 Å². The summed E-state index contributed by atoms with van der Waals surface area (Å²) in [5, 5.41) is 3.54. The summed E-state index contributed by atoms with van der Waals surface area (Å²) in [6.45, 7) is 3.09. The molecule has 1 aromatic carbocycles. The van der Waals surface area contributed by atoms with Crippen LogP contribution >= 0.6 is 11.3 Å². The second kappa shape index (κ2) is 7.53. The van der Waals surface area contributed by atoms with E-state index in [0.29, 0.717) is 10.6 Å². The fraction of sp³-hybridized carbons (Fsp3) is 0.211. The normalized spacial score (nSPS) is 11.9. The van der Waals surface area contributed by atoms with Crippen molar-refractivity contribution in [2.75, 3.05) is 0 Å². The Bertz CT molecular complexity index is 938. The molecule has 2 aromatic heterocycles. The molecule has 1 amide bonds. The Morgan fingerprint density at radius 1 is 1.19 bits per heavy atom. The van der Waals surface area contributed by atoms with E-state index < -0.39 is 17.9 Å². The van der Waals surface area contributed by atoms with Crippen molar-refractivity contribution in [1.29, 1.82) is 0 Å². The standard InChI is InChI=1S/C19H17NO5S/c1-11(18(22)15-8-7-14(25-15)10-20-12(2)21)24-19(23)17-9-13-5-3-4-6-16(13)26-17/h3-9,11H,10H2,1-2H3,(H,20,21)/t11-/m1/s1. The maximum absolute atomic E-state index is 12.4. The summed E-state index contributed by atoms with van der Waals surface area (Å²) in [7, 11) is 0. The number of carbonyl (C=O) groups excluding carboxylic acids is 3. The lowest BCUT2D eigenvalue weighted by molar-refractivity contribution is -0.119. The van der Waals surface area contributed by atoms with Crippen molar-refractivity contribution in [3.8, 4) is 0 Å². The number of hydrogen-bond donors (Lipinski definition) is 1. The number of esters is 1. The summed E-state index contributed by atoms with van der Waals surface area (Å²) in [5.74, 6) is -0.640. The molecular weight excluding hydrogens is 354 g/mol.